The molecule has 0 saturated heterocycles. The lowest BCUT2D eigenvalue weighted by Gasteiger charge is -2.16. The first-order chi connectivity index (χ1) is 9.67. The molecule has 2 heteroatoms. The van der Waals surface area contributed by atoms with Crippen molar-refractivity contribution < 1.29 is 0 Å². The van der Waals surface area contributed by atoms with Gasteiger partial charge in [-0.15, -0.1) is 0 Å². The molecular weight excluding hydrogens is 266 g/mol. The molecule has 2 aromatic rings. The molecule has 0 bridgehead atoms. The van der Waals surface area contributed by atoms with Crippen LogP contribution in [0.2, 0.25) is 5.02 Å². The summed E-state index contributed by atoms with van der Waals surface area (Å²) < 4.78 is 0. The Hall–Kier alpha value is -1.31. The van der Waals surface area contributed by atoms with E-state index in [1.54, 1.807) is 0 Å². The molecular formula is C18H22ClN. The zero-order valence-electron chi connectivity index (χ0n) is 12.2. The minimum absolute atomic E-state index is 0.497. The van der Waals surface area contributed by atoms with Crippen LogP contribution in [0.4, 0.5) is 0 Å². The largest absolute Gasteiger partial charge is 0.317 e. The van der Waals surface area contributed by atoms with Crippen molar-refractivity contribution in [2.45, 2.75) is 32.2 Å². The third-order valence-corrected chi connectivity index (χ3v) is 3.92. The van der Waals surface area contributed by atoms with Crippen LogP contribution >= 0.6 is 11.6 Å². The highest BCUT2D eigenvalue weighted by Gasteiger charge is 2.07. The summed E-state index contributed by atoms with van der Waals surface area (Å²) in [5, 5.41) is 4.22. The van der Waals surface area contributed by atoms with E-state index in [2.05, 4.69) is 48.6 Å². The van der Waals surface area contributed by atoms with E-state index in [0.29, 0.717) is 6.04 Å². The van der Waals surface area contributed by atoms with Gasteiger partial charge >= 0.3 is 0 Å². The molecule has 1 nitrogen and oxygen atoms in total. The standard InChI is InChI=1S/C18H22ClN/c1-14-4-3-5-15(12-14)8-11-18(20-2)13-16-6-9-17(19)10-7-16/h3-7,9-10,12,18,20H,8,11,13H2,1-2H3. The average Bonchev–Trinajstić information content (AvgIpc) is 2.45. The Kier molecular flexibility index (Phi) is 5.63. The normalized spacial score (nSPS) is 12.3. The molecule has 2 aromatic carbocycles. The van der Waals surface area contributed by atoms with Crippen LogP contribution in [-0.4, -0.2) is 13.1 Å². The highest BCUT2D eigenvalue weighted by Crippen LogP contribution is 2.14. The number of hydrogen-bond donors (Lipinski definition) is 1. The van der Waals surface area contributed by atoms with Crippen molar-refractivity contribution >= 4 is 11.6 Å². The Labute approximate surface area is 127 Å². The Balaban J connectivity index is 1.90. The SMILES string of the molecule is CNC(CCc1cccc(C)c1)Cc1ccc(Cl)cc1. The molecule has 1 unspecified atom stereocenters. The topological polar surface area (TPSA) is 12.0 Å². The fourth-order valence-electron chi connectivity index (χ4n) is 2.46. The second-order valence-corrected chi connectivity index (χ2v) is 5.78. The lowest BCUT2D eigenvalue weighted by molar-refractivity contribution is 0.520. The van der Waals surface area contributed by atoms with Crippen LogP contribution in [0, 0.1) is 6.92 Å². The monoisotopic (exact) mass is 287 g/mol. The minimum Gasteiger partial charge on any atom is -0.317 e. The van der Waals surface area contributed by atoms with Crippen molar-refractivity contribution in [2.24, 2.45) is 0 Å². The summed E-state index contributed by atoms with van der Waals surface area (Å²) in [6.45, 7) is 2.15. The van der Waals surface area contributed by atoms with E-state index in [1.165, 1.54) is 16.7 Å². The number of benzene rings is 2. The van der Waals surface area contributed by atoms with E-state index >= 15 is 0 Å². The number of aryl methyl sites for hydroxylation is 2. The zero-order valence-corrected chi connectivity index (χ0v) is 13.0. The number of halogens is 1. The van der Waals surface area contributed by atoms with Crippen LogP contribution in [0.3, 0.4) is 0 Å². The van der Waals surface area contributed by atoms with Gasteiger partial charge in [0.2, 0.25) is 0 Å². The first kappa shape index (κ1) is 15.1. The zero-order chi connectivity index (χ0) is 14.4. The van der Waals surface area contributed by atoms with Gasteiger partial charge in [0.25, 0.3) is 0 Å². The Morgan fingerprint density at radius 2 is 1.80 bits per heavy atom. The molecule has 1 atom stereocenters. The van der Waals surface area contributed by atoms with E-state index < -0.39 is 0 Å². The van der Waals surface area contributed by atoms with Gasteiger partial charge in [0.05, 0.1) is 0 Å². The van der Waals surface area contributed by atoms with Gasteiger partial charge < -0.3 is 5.32 Å². The molecule has 0 heterocycles. The average molecular weight is 288 g/mol. The highest BCUT2D eigenvalue weighted by atomic mass is 35.5. The number of likely N-dealkylation sites (N-methyl/N-ethyl adjacent to an activating group) is 1. The molecule has 0 fully saturated rings. The maximum absolute atomic E-state index is 5.92. The quantitative estimate of drug-likeness (QED) is 0.830. The third-order valence-electron chi connectivity index (χ3n) is 3.67. The fourth-order valence-corrected chi connectivity index (χ4v) is 2.59. The van der Waals surface area contributed by atoms with Gasteiger partial charge in [-0.2, -0.15) is 0 Å². The number of rotatable bonds is 6. The summed E-state index contributed by atoms with van der Waals surface area (Å²) in [7, 11) is 2.04. The van der Waals surface area contributed by atoms with Gasteiger partial charge in [0.1, 0.15) is 0 Å². The second-order valence-electron chi connectivity index (χ2n) is 5.34. The fraction of sp³-hybridized carbons (Fsp3) is 0.333. The maximum atomic E-state index is 5.92. The molecule has 0 radical (unpaired) electrons. The lowest BCUT2D eigenvalue weighted by atomic mass is 9.98. The van der Waals surface area contributed by atoms with Crippen molar-refractivity contribution in [1.82, 2.24) is 5.32 Å². The van der Waals surface area contributed by atoms with Crippen LogP contribution in [0.15, 0.2) is 48.5 Å². The summed E-state index contributed by atoms with van der Waals surface area (Å²) in [5.41, 5.74) is 4.08. The molecule has 0 aliphatic carbocycles. The van der Waals surface area contributed by atoms with E-state index in [4.69, 9.17) is 11.6 Å². The number of nitrogens with one attached hydrogen (secondary N) is 1. The Morgan fingerprint density at radius 1 is 1.05 bits per heavy atom. The number of hydrogen-bond acceptors (Lipinski definition) is 1. The lowest BCUT2D eigenvalue weighted by Crippen LogP contribution is -2.28. The van der Waals surface area contributed by atoms with E-state index in [1.807, 2.05) is 19.2 Å². The van der Waals surface area contributed by atoms with Crippen LogP contribution in [-0.2, 0) is 12.8 Å². The molecule has 0 spiro atoms. The van der Waals surface area contributed by atoms with Crippen molar-refractivity contribution in [3.05, 3.63) is 70.2 Å². The highest BCUT2D eigenvalue weighted by molar-refractivity contribution is 6.30. The molecule has 106 valence electrons. The van der Waals surface area contributed by atoms with Crippen LogP contribution in [0.5, 0.6) is 0 Å². The molecule has 0 aliphatic rings. The maximum Gasteiger partial charge on any atom is 0.0406 e. The first-order valence-corrected chi connectivity index (χ1v) is 7.52. The molecule has 0 aromatic heterocycles. The van der Waals surface area contributed by atoms with Crippen molar-refractivity contribution in [3.63, 3.8) is 0 Å². The third kappa shape index (κ3) is 4.66. The van der Waals surface area contributed by atoms with Gasteiger partial charge in [-0.3, -0.25) is 0 Å². The summed E-state index contributed by atoms with van der Waals surface area (Å²) in [6, 6.07) is 17.4. The van der Waals surface area contributed by atoms with Gasteiger partial charge in [-0.25, -0.2) is 0 Å². The smallest absolute Gasteiger partial charge is 0.0406 e. The Bertz CT molecular complexity index is 533. The van der Waals surface area contributed by atoms with E-state index in [-0.39, 0.29) is 0 Å². The van der Waals surface area contributed by atoms with Gasteiger partial charge in [-0.1, -0.05) is 53.6 Å². The van der Waals surface area contributed by atoms with E-state index in [0.717, 1.165) is 24.3 Å². The molecule has 0 amide bonds. The first-order valence-electron chi connectivity index (χ1n) is 7.14. The molecule has 0 aliphatic heterocycles. The summed E-state index contributed by atoms with van der Waals surface area (Å²) >= 11 is 5.92. The van der Waals surface area contributed by atoms with Crippen molar-refractivity contribution in [3.8, 4) is 0 Å². The van der Waals surface area contributed by atoms with Gasteiger partial charge in [-0.05, 0) is 56.5 Å². The predicted octanol–water partition coefficient (Wildman–Crippen LogP) is 4.41. The molecule has 2 rings (SSSR count). The molecule has 20 heavy (non-hydrogen) atoms. The minimum atomic E-state index is 0.497. The van der Waals surface area contributed by atoms with E-state index in [9.17, 15) is 0 Å². The summed E-state index contributed by atoms with van der Waals surface area (Å²) in [4.78, 5) is 0. The van der Waals surface area contributed by atoms with Crippen molar-refractivity contribution in [2.75, 3.05) is 7.05 Å². The van der Waals surface area contributed by atoms with Crippen LogP contribution < -0.4 is 5.32 Å². The van der Waals surface area contributed by atoms with Gasteiger partial charge in [0, 0.05) is 11.1 Å². The second kappa shape index (κ2) is 7.47. The predicted molar refractivity (Wildman–Crippen MR) is 87.5 cm³/mol. The van der Waals surface area contributed by atoms with Crippen LogP contribution in [0.1, 0.15) is 23.1 Å². The Morgan fingerprint density at radius 3 is 2.45 bits per heavy atom. The van der Waals surface area contributed by atoms with Crippen molar-refractivity contribution in [1.29, 1.82) is 0 Å². The summed E-state index contributed by atoms with van der Waals surface area (Å²) in [6.07, 6.45) is 3.29. The molecule has 1 N–H and O–H groups in total. The van der Waals surface area contributed by atoms with Crippen LogP contribution in [0.25, 0.3) is 0 Å². The van der Waals surface area contributed by atoms with Gasteiger partial charge in [0.15, 0.2) is 0 Å². The molecule has 0 saturated carbocycles. The summed E-state index contributed by atoms with van der Waals surface area (Å²) in [5.74, 6) is 0.